The van der Waals surface area contributed by atoms with Crippen LogP contribution in [0.2, 0.25) is 0 Å². The molecule has 0 aliphatic heterocycles. The highest BCUT2D eigenvalue weighted by molar-refractivity contribution is 5.31. The Morgan fingerprint density at radius 3 is 2.71 bits per heavy atom. The summed E-state index contributed by atoms with van der Waals surface area (Å²) in [5.74, 6) is 0.530. The zero-order valence-electron chi connectivity index (χ0n) is 9.71. The van der Waals surface area contributed by atoms with Crippen LogP contribution in [0.1, 0.15) is 35.2 Å². The van der Waals surface area contributed by atoms with Gasteiger partial charge in [-0.1, -0.05) is 36.4 Å². The molecule has 1 aromatic carbocycles. The molecule has 0 fully saturated rings. The van der Waals surface area contributed by atoms with Crippen molar-refractivity contribution in [1.82, 2.24) is 4.98 Å². The molecule has 2 N–H and O–H groups in total. The zero-order chi connectivity index (χ0) is 11.7. The summed E-state index contributed by atoms with van der Waals surface area (Å²) >= 11 is 0. The zero-order valence-corrected chi connectivity index (χ0v) is 9.71. The van der Waals surface area contributed by atoms with Gasteiger partial charge in [0.1, 0.15) is 0 Å². The minimum Gasteiger partial charge on any atom is -0.323 e. The van der Waals surface area contributed by atoms with Crippen molar-refractivity contribution in [1.29, 1.82) is 0 Å². The molecule has 1 aliphatic rings. The van der Waals surface area contributed by atoms with Crippen LogP contribution < -0.4 is 5.73 Å². The highest BCUT2D eigenvalue weighted by Gasteiger charge is 2.26. The third-order valence-electron chi connectivity index (χ3n) is 3.55. The average Bonchev–Trinajstić information content (AvgIpc) is 2.40. The maximum atomic E-state index is 6.21. The van der Waals surface area contributed by atoms with Gasteiger partial charge < -0.3 is 5.73 Å². The number of nitrogens with two attached hydrogens (primary N) is 1. The van der Waals surface area contributed by atoms with Gasteiger partial charge >= 0.3 is 0 Å². The minimum absolute atomic E-state index is 0.0742. The Bertz CT molecular complexity index is 507. The molecule has 2 aromatic rings. The largest absolute Gasteiger partial charge is 0.323 e. The Morgan fingerprint density at radius 2 is 1.88 bits per heavy atom. The molecule has 17 heavy (non-hydrogen) atoms. The standard InChI is InChI=1S/C15H16N2/c16-14-10-13(11-5-2-1-3-6-11)9-12-7-4-8-17-15(12)14/h1-8,13-14H,9-10,16H2/t13-,14-/m1/s1. The van der Waals surface area contributed by atoms with Gasteiger partial charge in [-0.3, -0.25) is 4.98 Å². The van der Waals surface area contributed by atoms with Crippen molar-refractivity contribution in [3.05, 3.63) is 65.5 Å². The smallest absolute Gasteiger partial charge is 0.0603 e. The van der Waals surface area contributed by atoms with E-state index in [-0.39, 0.29) is 6.04 Å². The van der Waals surface area contributed by atoms with Gasteiger partial charge in [0, 0.05) is 12.2 Å². The van der Waals surface area contributed by atoms with Gasteiger partial charge in [0.05, 0.1) is 5.69 Å². The predicted molar refractivity (Wildman–Crippen MR) is 68.7 cm³/mol. The van der Waals surface area contributed by atoms with Crippen LogP contribution in [-0.2, 0) is 6.42 Å². The molecular formula is C15H16N2. The first-order valence-corrected chi connectivity index (χ1v) is 6.09. The molecule has 0 saturated heterocycles. The lowest BCUT2D eigenvalue weighted by Crippen LogP contribution is -2.24. The maximum absolute atomic E-state index is 6.21. The van der Waals surface area contributed by atoms with E-state index in [2.05, 4.69) is 41.4 Å². The van der Waals surface area contributed by atoms with Crippen LogP contribution in [0.15, 0.2) is 48.7 Å². The van der Waals surface area contributed by atoms with E-state index in [1.807, 2.05) is 12.3 Å². The average molecular weight is 224 g/mol. The Hall–Kier alpha value is -1.67. The van der Waals surface area contributed by atoms with E-state index in [0.717, 1.165) is 18.5 Å². The second-order valence-corrected chi connectivity index (χ2v) is 4.70. The summed E-state index contributed by atoms with van der Waals surface area (Å²) in [7, 11) is 0. The number of hydrogen-bond acceptors (Lipinski definition) is 2. The van der Waals surface area contributed by atoms with E-state index in [1.54, 1.807) is 0 Å². The lowest BCUT2D eigenvalue weighted by atomic mass is 9.80. The summed E-state index contributed by atoms with van der Waals surface area (Å²) in [6.45, 7) is 0. The maximum Gasteiger partial charge on any atom is 0.0603 e. The normalized spacial score (nSPS) is 23.1. The van der Waals surface area contributed by atoms with Gasteiger partial charge in [-0.05, 0) is 36.0 Å². The van der Waals surface area contributed by atoms with Gasteiger partial charge in [0.2, 0.25) is 0 Å². The summed E-state index contributed by atoms with van der Waals surface area (Å²) in [6, 6.07) is 14.9. The van der Waals surface area contributed by atoms with E-state index in [9.17, 15) is 0 Å². The van der Waals surface area contributed by atoms with E-state index in [4.69, 9.17) is 5.73 Å². The highest BCUT2D eigenvalue weighted by atomic mass is 14.8. The first-order chi connectivity index (χ1) is 8.34. The molecule has 2 nitrogen and oxygen atoms in total. The van der Waals surface area contributed by atoms with Crippen LogP contribution in [0.5, 0.6) is 0 Å². The topological polar surface area (TPSA) is 38.9 Å². The van der Waals surface area contributed by atoms with Crippen LogP contribution in [0.25, 0.3) is 0 Å². The number of rotatable bonds is 1. The summed E-state index contributed by atoms with van der Waals surface area (Å²) in [4.78, 5) is 4.40. The predicted octanol–water partition coefficient (Wildman–Crippen LogP) is 2.81. The lowest BCUT2D eigenvalue weighted by Gasteiger charge is -2.28. The molecule has 0 amide bonds. The van der Waals surface area contributed by atoms with Crippen LogP contribution in [0.3, 0.4) is 0 Å². The Labute approximate surface area is 102 Å². The summed E-state index contributed by atoms with van der Waals surface area (Å²) in [5.41, 5.74) is 9.99. The number of pyridine rings is 1. The van der Waals surface area contributed by atoms with E-state index in [0.29, 0.717) is 5.92 Å². The Balaban J connectivity index is 1.94. The molecule has 1 aliphatic carbocycles. The number of hydrogen-bond donors (Lipinski definition) is 1. The summed E-state index contributed by atoms with van der Waals surface area (Å²) in [5, 5.41) is 0. The fraction of sp³-hybridized carbons (Fsp3) is 0.267. The Morgan fingerprint density at radius 1 is 1.06 bits per heavy atom. The SMILES string of the molecule is N[C@@H]1C[C@H](c2ccccc2)Cc2cccnc21. The molecule has 0 saturated carbocycles. The fourth-order valence-corrected chi connectivity index (χ4v) is 2.70. The molecular weight excluding hydrogens is 208 g/mol. The number of nitrogens with zero attached hydrogens (tertiary/aromatic N) is 1. The van der Waals surface area contributed by atoms with Gasteiger partial charge in [0.15, 0.2) is 0 Å². The molecule has 1 heterocycles. The van der Waals surface area contributed by atoms with Crippen molar-refractivity contribution in [2.45, 2.75) is 24.8 Å². The second kappa shape index (κ2) is 4.30. The van der Waals surface area contributed by atoms with Crippen molar-refractivity contribution >= 4 is 0 Å². The third-order valence-corrected chi connectivity index (χ3v) is 3.55. The fourth-order valence-electron chi connectivity index (χ4n) is 2.70. The molecule has 0 bridgehead atoms. The van der Waals surface area contributed by atoms with Crippen molar-refractivity contribution in [3.8, 4) is 0 Å². The first kappa shape index (κ1) is 10.5. The quantitative estimate of drug-likeness (QED) is 0.809. The minimum atomic E-state index is 0.0742. The van der Waals surface area contributed by atoms with Crippen LogP contribution in [0, 0.1) is 0 Å². The van der Waals surface area contributed by atoms with Crippen molar-refractivity contribution in [3.63, 3.8) is 0 Å². The van der Waals surface area contributed by atoms with E-state index >= 15 is 0 Å². The molecule has 3 rings (SSSR count). The van der Waals surface area contributed by atoms with Gasteiger partial charge in [-0.15, -0.1) is 0 Å². The molecule has 2 heteroatoms. The van der Waals surface area contributed by atoms with Gasteiger partial charge in [-0.2, -0.15) is 0 Å². The van der Waals surface area contributed by atoms with Crippen molar-refractivity contribution in [2.24, 2.45) is 5.73 Å². The first-order valence-electron chi connectivity index (χ1n) is 6.09. The van der Waals surface area contributed by atoms with Crippen LogP contribution in [0.4, 0.5) is 0 Å². The monoisotopic (exact) mass is 224 g/mol. The highest BCUT2D eigenvalue weighted by Crippen LogP contribution is 2.35. The third kappa shape index (κ3) is 1.96. The molecule has 2 atom stereocenters. The number of aromatic nitrogens is 1. The van der Waals surface area contributed by atoms with E-state index in [1.165, 1.54) is 11.1 Å². The molecule has 0 unspecified atom stereocenters. The van der Waals surface area contributed by atoms with E-state index < -0.39 is 0 Å². The summed E-state index contributed by atoms with van der Waals surface area (Å²) in [6.07, 6.45) is 3.89. The Kier molecular flexibility index (Phi) is 2.65. The molecule has 0 spiro atoms. The number of benzene rings is 1. The molecule has 0 radical (unpaired) electrons. The van der Waals surface area contributed by atoms with Crippen molar-refractivity contribution in [2.75, 3.05) is 0 Å². The van der Waals surface area contributed by atoms with Crippen LogP contribution >= 0.6 is 0 Å². The van der Waals surface area contributed by atoms with Crippen LogP contribution in [-0.4, -0.2) is 4.98 Å². The summed E-state index contributed by atoms with van der Waals surface area (Å²) < 4.78 is 0. The van der Waals surface area contributed by atoms with Crippen molar-refractivity contribution < 1.29 is 0 Å². The van der Waals surface area contributed by atoms with Gasteiger partial charge in [-0.25, -0.2) is 0 Å². The molecule has 1 aromatic heterocycles. The second-order valence-electron chi connectivity index (χ2n) is 4.70. The van der Waals surface area contributed by atoms with Gasteiger partial charge in [0.25, 0.3) is 0 Å². The lowest BCUT2D eigenvalue weighted by molar-refractivity contribution is 0.492. The molecule has 86 valence electrons. The number of fused-ring (bicyclic) bond motifs is 1.